The molecule has 1 aliphatic rings. The van der Waals surface area contributed by atoms with Crippen molar-refractivity contribution in [3.63, 3.8) is 0 Å². The van der Waals surface area contributed by atoms with Gasteiger partial charge in [0.05, 0.1) is 5.54 Å². The highest BCUT2D eigenvalue weighted by molar-refractivity contribution is 9.10. The number of hydrogen-bond acceptors (Lipinski definition) is 1. The molecule has 0 aromatic heterocycles. The predicted octanol–water partition coefficient (Wildman–Crippen LogP) is 4.81. The van der Waals surface area contributed by atoms with E-state index >= 15 is 0 Å². The van der Waals surface area contributed by atoms with Crippen LogP contribution in [0, 0.1) is 5.82 Å². The molecule has 1 N–H and O–H groups in total. The molecule has 3 rings (SSSR count). The third kappa shape index (κ3) is 3.11. The van der Waals surface area contributed by atoms with Crippen LogP contribution < -0.4 is 10.2 Å². The van der Waals surface area contributed by atoms with Crippen LogP contribution in [-0.2, 0) is 5.54 Å². The summed E-state index contributed by atoms with van der Waals surface area (Å²) in [5.41, 5.74) is 1.43. The monoisotopic (exact) mass is 376 g/mol. The van der Waals surface area contributed by atoms with Crippen LogP contribution in [0.4, 0.5) is 14.9 Å². The van der Waals surface area contributed by atoms with Crippen LogP contribution in [0.3, 0.4) is 0 Å². The second-order valence-electron chi connectivity index (χ2n) is 5.88. The topological polar surface area (TPSA) is 32.3 Å². The molecule has 2 aromatic rings. The fraction of sp³-hybridized carbons (Fsp3) is 0.278. The number of carbonyl (C=O) groups excluding carboxylic acids is 1. The number of nitrogens with one attached hydrogen (secondary N) is 1. The van der Waals surface area contributed by atoms with Gasteiger partial charge in [-0.3, -0.25) is 4.90 Å². The first-order valence-corrected chi connectivity index (χ1v) is 8.38. The molecular weight excluding hydrogens is 359 g/mol. The molecule has 3 nitrogen and oxygen atoms in total. The summed E-state index contributed by atoms with van der Waals surface area (Å²) >= 11 is 3.58. The number of halogens is 2. The predicted molar refractivity (Wildman–Crippen MR) is 93.0 cm³/mol. The number of carbonyl (C=O) groups is 1. The van der Waals surface area contributed by atoms with Gasteiger partial charge < -0.3 is 5.32 Å². The number of amides is 2. The average molecular weight is 377 g/mol. The van der Waals surface area contributed by atoms with Gasteiger partial charge in [0, 0.05) is 17.2 Å². The molecular formula is C18H18BrFN2O. The molecule has 2 amide bonds. The van der Waals surface area contributed by atoms with Crippen molar-refractivity contribution in [1.29, 1.82) is 0 Å². The molecule has 0 atom stereocenters. The van der Waals surface area contributed by atoms with E-state index in [1.165, 1.54) is 17.0 Å². The highest BCUT2D eigenvalue weighted by Crippen LogP contribution is 2.44. The highest BCUT2D eigenvalue weighted by Gasteiger charge is 2.41. The van der Waals surface area contributed by atoms with E-state index in [1.807, 2.05) is 24.3 Å². The second kappa shape index (κ2) is 6.32. The quantitative estimate of drug-likeness (QED) is 0.818. The lowest BCUT2D eigenvalue weighted by Gasteiger charge is -2.44. The molecule has 0 unspecified atom stereocenters. The van der Waals surface area contributed by atoms with Crippen LogP contribution >= 0.6 is 15.9 Å². The Hall–Kier alpha value is -1.88. The number of hydrogen-bond donors (Lipinski definition) is 1. The number of nitrogens with zero attached hydrogens (tertiary/aromatic N) is 1. The van der Waals surface area contributed by atoms with Gasteiger partial charge in [0.15, 0.2) is 0 Å². The molecule has 1 fully saturated rings. The van der Waals surface area contributed by atoms with Gasteiger partial charge in [-0.2, -0.15) is 0 Å². The largest absolute Gasteiger partial charge is 0.328 e. The van der Waals surface area contributed by atoms with Crippen LogP contribution in [0.2, 0.25) is 0 Å². The molecule has 2 aromatic carbocycles. The Labute approximate surface area is 143 Å². The zero-order valence-corrected chi connectivity index (χ0v) is 14.4. The molecule has 0 aliphatic heterocycles. The van der Waals surface area contributed by atoms with Crippen molar-refractivity contribution < 1.29 is 9.18 Å². The second-order valence-corrected chi connectivity index (χ2v) is 6.74. The van der Waals surface area contributed by atoms with Crippen LogP contribution in [0.15, 0.2) is 53.0 Å². The summed E-state index contributed by atoms with van der Waals surface area (Å²) in [5, 5.41) is 3.16. The smallest absolute Gasteiger partial charge is 0.322 e. The minimum Gasteiger partial charge on any atom is -0.328 e. The van der Waals surface area contributed by atoms with Crippen molar-refractivity contribution in [3.8, 4) is 0 Å². The molecule has 0 spiro atoms. The lowest BCUT2D eigenvalue weighted by molar-refractivity contribution is 0.181. The van der Waals surface area contributed by atoms with Gasteiger partial charge in [-0.1, -0.05) is 34.1 Å². The lowest BCUT2D eigenvalue weighted by Crippen LogP contribution is -2.54. The van der Waals surface area contributed by atoms with Crippen molar-refractivity contribution in [2.45, 2.75) is 24.8 Å². The van der Waals surface area contributed by atoms with Gasteiger partial charge in [0.25, 0.3) is 0 Å². The zero-order valence-electron chi connectivity index (χ0n) is 12.9. The fourth-order valence-electron chi connectivity index (χ4n) is 2.91. The number of anilines is 1. The Morgan fingerprint density at radius 2 is 1.83 bits per heavy atom. The van der Waals surface area contributed by atoms with Gasteiger partial charge in [-0.25, -0.2) is 9.18 Å². The number of urea groups is 1. The molecule has 1 aliphatic carbocycles. The van der Waals surface area contributed by atoms with Crippen molar-refractivity contribution >= 4 is 27.6 Å². The van der Waals surface area contributed by atoms with Crippen molar-refractivity contribution in [3.05, 3.63) is 64.4 Å². The minimum absolute atomic E-state index is 0.188. The Bertz CT molecular complexity index is 713. The van der Waals surface area contributed by atoms with Crippen LogP contribution in [-0.4, -0.2) is 13.1 Å². The Morgan fingerprint density at radius 1 is 1.17 bits per heavy atom. The summed E-state index contributed by atoms with van der Waals surface area (Å²) in [6.07, 6.45) is 2.92. The number of benzene rings is 2. The van der Waals surface area contributed by atoms with E-state index in [0.717, 1.165) is 29.3 Å². The first-order valence-electron chi connectivity index (χ1n) is 7.58. The Morgan fingerprint density at radius 3 is 2.39 bits per heavy atom. The molecule has 0 saturated heterocycles. The van der Waals surface area contributed by atoms with Crippen molar-refractivity contribution in [2.24, 2.45) is 0 Å². The maximum absolute atomic E-state index is 13.0. The molecule has 1 saturated carbocycles. The van der Waals surface area contributed by atoms with E-state index in [9.17, 15) is 9.18 Å². The summed E-state index contributed by atoms with van der Waals surface area (Å²) in [7, 11) is 1.69. The van der Waals surface area contributed by atoms with Crippen molar-refractivity contribution in [1.82, 2.24) is 5.32 Å². The molecule has 120 valence electrons. The molecule has 0 bridgehead atoms. The molecule has 23 heavy (non-hydrogen) atoms. The van der Waals surface area contributed by atoms with Gasteiger partial charge in [-0.15, -0.1) is 0 Å². The van der Waals surface area contributed by atoms with E-state index in [-0.39, 0.29) is 17.4 Å². The summed E-state index contributed by atoms with van der Waals surface area (Å²) < 4.78 is 14.0. The molecule has 0 heterocycles. The average Bonchev–Trinajstić information content (AvgIpc) is 2.51. The van der Waals surface area contributed by atoms with Gasteiger partial charge in [0.1, 0.15) is 5.82 Å². The Balaban J connectivity index is 1.80. The lowest BCUT2D eigenvalue weighted by atomic mass is 9.72. The third-order valence-electron chi connectivity index (χ3n) is 4.46. The summed E-state index contributed by atoms with van der Waals surface area (Å²) in [5.74, 6) is -0.314. The normalized spacial score (nSPS) is 15.6. The third-order valence-corrected chi connectivity index (χ3v) is 5.15. The minimum atomic E-state index is -0.328. The van der Waals surface area contributed by atoms with E-state index in [0.29, 0.717) is 5.69 Å². The van der Waals surface area contributed by atoms with E-state index in [1.54, 1.807) is 19.2 Å². The van der Waals surface area contributed by atoms with Crippen LogP contribution in [0.25, 0.3) is 0 Å². The Kier molecular flexibility index (Phi) is 4.39. The van der Waals surface area contributed by atoms with E-state index in [4.69, 9.17) is 0 Å². The maximum Gasteiger partial charge on any atom is 0.322 e. The zero-order chi connectivity index (χ0) is 16.4. The van der Waals surface area contributed by atoms with Gasteiger partial charge in [-0.05, 0) is 55.2 Å². The number of rotatable bonds is 3. The first kappa shape index (κ1) is 16.0. The molecule has 5 heteroatoms. The fourth-order valence-corrected chi connectivity index (χ4v) is 3.58. The maximum atomic E-state index is 13.0. The molecule has 0 radical (unpaired) electrons. The van der Waals surface area contributed by atoms with Crippen LogP contribution in [0.1, 0.15) is 24.8 Å². The van der Waals surface area contributed by atoms with Gasteiger partial charge >= 0.3 is 6.03 Å². The summed E-state index contributed by atoms with van der Waals surface area (Å²) in [6.45, 7) is 0. The van der Waals surface area contributed by atoms with E-state index in [2.05, 4.69) is 21.2 Å². The van der Waals surface area contributed by atoms with Crippen molar-refractivity contribution in [2.75, 3.05) is 11.9 Å². The van der Waals surface area contributed by atoms with Gasteiger partial charge in [0.2, 0.25) is 0 Å². The van der Waals surface area contributed by atoms with Crippen LogP contribution in [0.5, 0.6) is 0 Å². The summed E-state index contributed by atoms with van der Waals surface area (Å²) in [4.78, 5) is 14.1. The SMILES string of the molecule is CN(C(=O)NC1(c2ccccc2Br)CCC1)c1ccc(F)cc1. The van der Waals surface area contributed by atoms with E-state index < -0.39 is 0 Å². The standard InChI is InChI=1S/C18H18BrFN2O/c1-22(14-9-7-13(20)8-10-14)17(23)21-18(11-4-12-18)15-5-2-3-6-16(15)19/h2-3,5-10H,4,11-12H2,1H3,(H,21,23). The summed E-state index contributed by atoms with van der Waals surface area (Å²) in [6, 6.07) is 13.7. The highest BCUT2D eigenvalue weighted by atomic mass is 79.9. The first-order chi connectivity index (χ1) is 11.0.